The normalized spacial score (nSPS) is 22.5. The van der Waals surface area contributed by atoms with Gasteiger partial charge in [-0.2, -0.15) is 149 Å². The third kappa shape index (κ3) is 6.69. The van der Waals surface area contributed by atoms with Crippen LogP contribution in [0.5, 0.6) is 0 Å². The highest BCUT2D eigenvalue weighted by Crippen LogP contribution is 2.70. The van der Waals surface area contributed by atoms with Crippen molar-refractivity contribution in [3.8, 4) is 0 Å². The molecule has 4 unspecified atom stereocenters. The minimum absolute atomic E-state index is 0.398. The number of epoxide rings is 2. The zero-order valence-electron chi connectivity index (χ0n) is 29.1. The standard InChI is InChI=1S/C26H16F34O3/c1-3-9(7-5-61-7,11(27,28)13(31,32)15(35,36)17(39,40)19(43,44)21(47,48)23(51,52)25(55,56)57)63-10(4-2,8-6-62-8)12(29,30)14(33,34)16(37,38)18(41,42)20(45,46)22(49,50)24(53,54)26(58,59)60/h7-8H,3-6H2,1-2H3. The Hall–Kier alpha value is -2.50. The van der Waals surface area contributed by atoms with Crippen LogP contribution in [-0.2, 0) is 14.2 Å². The molecule has 376 valence electrons. The second-order valence-electron chi connectivity index (χ2n) is 13.3. The van der Waals surface area contributed by atoms with E-state index in [0.717, 1.165) is 0 Å². The van der Waals surface area contributed by atoms with E-state index < -0.39 is 159 Å². The fraction of sp³-hybridized carbons (Fsp3) is 1.00. The van der Waals surface area contributed by atoms with Gasteiger partial charge in [-0.1, -0.05) is 13.8 Å². The Morgan fingerprint density at radius 1 is 0.286 bits per heavy atom. The summed E-state index contributed by atoms with van der Waals surface area (Å²) in [6.45, 7) is -4.90. The van der Waals surface area contributed by atoms with Gasteiger partial charge in [-0.15, -0.1) is 0 Å². The Morgan fingerprint density at radius 3 is 0.556 bits per heavy atom. The largest absolute Gasteiger partial charge is 0.460 e. The molecule has 0 saturated carbocycles. The summed E-state index contributed by atoms with van der Waals surface area (Å²) in [6, 6.07) is 0. The molecule has 0 aromatic carbocycles. The molecule has 0 aliphatic carbocycles. The van der Waals surface area contributed by atoms with Crippen LogP contribution in [0.1, 0.15) is 26.7 Å². The zero-order chi connectivity index (χ0) is 51.1. The predicted molar refractivity (Wildman–Crippen MR) is 128 cm³/mol. The van der Waals surface area contributed by atoms with Crippen LogP contribution in [0.3, 0.4) is 0 Å². The van der Waals surface area contributed by atoms with Crippen LogP contribution in [0, 0.1) is 0 Å². The van der Waals surface area contributed by atoms with Crippen LogP contribution in [0.4, 0.5) is 149 Å². The number of hydrogen-bond acceptors (Lipinski definition) is 3. The fourth-order valence-corrected chi connectivity index (χ4v) is 5.53. The van der Waals surface area contributed by atoms with E-state index in [1.165, 1.54) is 0 Å². The van der Waals surface area contributed by atoms with E-state index >= 15 is 35.1 Å². The highest BCUT2D eigenvalue weighted by atomic mass is 19.4. The van der Waals surface area contributed by atoms with Crippen LogP contribution >= 0.6 is 0 Å². The molecule has 0 aromatic rings. The molecule has 2 rings (SSSR count). The Morgan fingerprint density at radius 2 is 0.429 bits per heavy atom. The molecule has 0 spiro atoms. The third-order valence-electron chi connectivity index (χ3n) is 9.63. The minimum atomic E-state index is -9.43. The van der Waals surface area contributed by atoms with Crippen molar-refractivity contribution >= 4 is 0 Å². The van der Waals surface area contributed by atoms with E-state index in [4.69, 9.17) is 0 Å². The first-order valence-electron chi connectivity index (χ1n) is 15.4. The summed E-state index contributed by atoms with van der Waals surface area (Å²) in [5.74, 6) is -126. The summed E-state index contributed by atoms with van der Waals surface area (Å²) >= 11 is 0. The van der Waals surface area contributed by atoms with Gasteiger partial charge in [0, 0.05) is 0 Å². The summed E-state index contributed by atoms with van der Waals surface area (Å²) in [5, 5.41) is 0. The monoisotopic (exact) mass is 1020 g/mol. The molecule has 2 saturated heterocycles. The summed E-state index contributed by atoms with van der Waals surface area (Å²) in [6.07, 6.45) is -29.7. The number of ether oxygens (including phenoxy) is 3. The molecule has 63 heavy (non-hydrogen) atoms. The van der Waals surface area contributed by atoms with Gasteiger partial charge in [0.05, 0.1) is 13.2 Å². The first-order valence-corrected chi connectivity index (χ1v) is 15.4. The Kier molecular flexibility index (Phi) is 13.0. The van der Waals surface area contributed by atoms with Crippen LogP contribution in [0.25, 0.3) is 0 Å². The lowest BCUT2D eigenvalue weighted by molar-refractivity contribution is -0.480. The maximum Gasteiger partial charge on any atom is 0.460 e. The van der Waals surface area contributed by atoms with E-state index in [2.05, 4.69) is 14.2 Å². The van der Waals surface area contributed by atoms with Crippen LogP contribution < -0.4 is 0 Å². The molecule has 0 aromatic heterocycles. The summed E-state index contributed by atoms with van der Waals surface area (Å²) < 4.78 is 491. The molecular weight excluding hydrogens is 1010 g/mol. The topological polar surface area (TPSA) is 34.3 Å². The van der Waals surface area contributed by atoms with Gasteiger partial charge in [-0.25, -0.2) is 0 Å². The Balaban J connectivity index is 3.01. The highest BCUT2D eigenvalue weighted by molar-refractivity contribution is 5.24. The Labute approximate surface area is 323 Å². The zero-order valence-corrected chi connectivity index (χ0v) is 29.1. The van der Waals surface area contributed by atoms with E-state index in [1.54, 1.807) is 0 Å². The molecule has 2 aliphatic heterocycles. The second-order valence-corrected chi connectivity index (χ2v) is 13.3. The molecule has 2 fully saturated rings. The van der Waals surface area contributed by atoms with Gasteiger partial charge in [0.1, 0.15) is 12.2 Å². The van der Waals surface area contributed by atoms with Crippen molar-refractivity contribution < 1.29 is 163 Å². The van der Waals surface area contributed by atoms with E-state index in [9.17, 15) is 114 Å². The SMILES string of the molecule is CCC(OC(CC)(C1CO1)C(F)(F)C(F)(F)C(F)(F)C(F)(F)C(F)(F)C(F)(F)C(F)(F)C(F)(F)F)(C1CO1)C(F)(F)C(F)(F)C(F)(F)C(F)(F)C(F)(F)C(F)(F)C(F)(F)C(F)(F)F. The third-order valence-corrected chi connectivity index (χ3v) is 9.63. The number of hydrogen-bond donors (Lipinski definition) is 0. The van der Waals surface area contributed by atoms with Gasteiger partial charge in [-0.05, 0) is 12.8 Å². The van der Waals surface area contributed by atoms with Gasteiger partial charge in [0.2, 0.25) is 0 Å². The average molecular weight is 1020 g/mol. The molecule has 2 heterocycles. The van der Waals surface area contributed by atoms with Crippen molar-refractivity contribution in [1.82, 2.24) is 0 Å². The predicted octanol–water partition coefficient (Wildman–Crippen LogP) is 12.1. The Bertz CT molecular complexity index is 1550. The van der Waals surface area contributed by atoms with Crippen molar-refractivity contribution in [3.63, 3.8) is 0 Å². The lowest BCUT2D eigenvalue weighted by Crippen LogP contribution is -2.80. The van der Waals surface area contributed by atoms with Gasteiger partial charge in [0.25, 0.3) is 0 Å². The molecule has 2 aliphatic rings. The lowest BCUT2D eigenvalue weighted by atomic mass is 9.76. The maximum absolute atomic E-state index is 15.9. The molecule has 0 bridgehead atoms. The molecule has 0 N–H and O–H groups in total. The van der Waals surface area contributed by atoms with Crippen molar-refractivity contribution in [1.29, 1.82) is 0 Å². The van der Waals surface area contributed by atoms with E-state index in [0.29, 0.717) is 0 Å². The highest BCUT2D eigenvalue weighted by Gasteiger charge is 2.99. The molecule has 3 nitrogen and oxygen atoms in total. The van der Waals surface area contributed by atoms with Crippen LogP contribution in [-0.4, -0.2) is 132 Å². The first kappa shape index (κ1) is 56.6. The number of alkyl halides is 34. The summed E-state index contributed by atoms with van der Waals surface area (Å²) in [5.41, 5.74) is -12.0. The van der Waals surface area contributed by atoms with Gasteiger partial charge < -0.3 is 14.2 Å². The van der Waals surface area contributed by atoms with Crippen molar-refractivity contribution in [2.24, 2.45) is 0 Å². The number of halogens is 34. The molecule has 0 radical (unpaired) electrons. The molecule has 0 amide bonds. The summed E-state index contributed by atoms with van der Waals surface area (Å²) in [7, 11) is 0. The lowest BCUT2D eigenvalue weighted by Gasteiger charge is -2.53. The molecule has 37 heteroatoms. The van der Waals surface area contributed by atoms with Gasteiger partial charge >= 0.3 is 95.3 Å². The molecular formula is C26H16F34O3. The minimum Gasteiger partial charge on any atom is -0.370 e. The number of rotatable bonds is 20. The van der Waals surface area contributed by atoms with Crippen molar-refractivity contribution in [2.45, 2.75) is 145 Å². The fourth-order valence-electron chi connectivity index (χ4n) is 5.53. The average Bonchev–Trinajstić information content (AvgIpc) is 4.01. The van der Waals surface area contributed by atoms with Gasteiger partial charge in [-0.3, -0.25) is 0 Å². The van der Waals surface area contributed by atoms with E-state index in [1.807, 2.05) is 0 Å². The maximum atomic E-state index is 15.9. The van der Waals surface area contributed by atoms with E-state index in [-0.39, 0.29) is 0 Å². The van der Waals surface area contributed by atoms with Crippen LogP contribution in [0.15, 0.2) is 0 Å². The van der Waals surface area contributed by atoms with Gasteiger partial charge in [0.15, 0.2) is 11.2 Å². The molecule has 4 atom stereocenters. The van der Waals surface area contributed by atoms with Crippen LogP contribution in [0.2, 0.25) is 0 Å². The van der Waals surface area contributed by atoms with Crippen molar-refractivity contribution in [2.75, 3.05) is 13.2 Å². The smallest absolute Gasteiger partial charge is 0.370 e. The second kappa shape index (κ2) is 14.5. The first-order chi connectivity index (χ1) is 27.0. The summed E-state index contributed by atoms with van der Waals surface area (Å²) in [4.78, 5) is 0. The van der Waals surface area contributed by atoms with Crippen molar-refractivity contribution in [3.05, 3.63) is 0 Å². The quantitative estimate of drug-likeness (QED) is 0.0900.